The summed E-state index contributed by atoms with van der Waals surface area (Å²) in [5.41, 5.74) is 1.09. The minimum atomic E-state index is -3.92. The van der Waals surface area contributed by atoms with Gasteiger partial charge in [-0.1, -0.05) is 30.3 Å². The van der Waals surface area contributed by atoms with E-state index in [1.54, 1.807) is 30.3 Å². The van der Waals surface area contributed by atoms with Crippen LogP contribution in [0.4, 0.5) is 5.69 Å². The molecule has 94 valence electrons. The minimum absolute atomic E-state index is 0.0500. The first kappa shape index (κ1) is 12.6. The van der Waals surface area contributed by atoms with E-state index in [1.165, 1.54) is 18.2 Å². The number of benzene rings is 2. The Morgan fingerprint density at radius 2 is 1.67 bits per heavy atom. The summed E-state index contributed by atoms with van der Waals surface area (Å²) in [6.07, 6.45) is 0. The van der Waals surface area contributed by atoms with E-state index in [1.807, 2.05) is 13.0 Å². The smallest absolute Gasteiger partial charge is 0.274 e. The Bertz CT molecular complexity index is 638. The molecule has 0 bridgehead atoms. The molecule has 0 radical (unpaired) electrons. The Hall–Kier alpha value is -1.85. The van der Waals surface area contributed by atoms with Crippen LogP contribution in [0.3, 0.4) is 0 Å². The first-order chi connectivity index (χ1) is 8.51. The van der Waals surface area contributed by atoms with Gasteiger partial charge in [-0.25, -0.2) is 0 Å². The topological polar surface area (TPSA) is 57.6 Å². The van der Waals surface area contributed by atoms with Crippen molar-refractivity contribution in [1.82, 2.24) is 0 Å². The SMILES string of the molecule is Cc1cccc(N(O)S(=O)(=O)c2ccccc2)c1. The van der Waals surface area contributed by atoms with E-state index < -0.39 is 10.0 Å². The van der Waals surface area contributed by atoms with Gasteiger partial charge in [-0.3, -0.25) is 5.21 Å². The maximum absolute atomic E-state index is 12.1. The number of aryl methyl sites for hydroxylation is 1. The molecule has 0 aliphatic rings. The molecule has 2 aromatic rings. The molecule has 0 spiro atoms. The van der Waals surface area contributed by atoms with Crippen molar-refractivity contribution in [2.45, 2.75) is 11.8 Å². The average Bonchev–Trinajstić information content (AvgIpc) is 2.39. The molecule has 0 saturated heterocycles. The summed E-state index contributed by atoms with van der Waals surface area (Å²) < 4.78 is 24.5. The van der Waals surface area contributed by atoms with Crippen LogP contribution in [0.5, 0.6) is 0 Å². The zero-order chi connectivity index (χ0) is 13.2. The summed E-state index contributed by atoms with van der Waals surface area (Å²) in [6, 6.07) is 14.5. The highest BCUT2D eigenvalue weighted by molar-refractivity contribution is 7.92. The normalized spacial score (nSPS) is 11.2. The van der Waals surface area contributed by atoms with Gasteiger partial charge in [0.05, 0.1) is 10.6 Å². The largest absolute Gasteiger partial charge is 0.286 e. The first-order valence-corrected chi connectivity index (χ1v) is 6.82. The minimum Gasteiger partial charge on any atom is -0.274 e. The van der Waals surface area contributed by atoms with Gasteiger partial charge in [0.25, 0.3) is 10.0 Å². The standard InChI is InChI=1S/C13H13NO3S/c1-11-6-5-7-12(10-11)14(15)18(16,17)13-8-3-2-4-9-13/h2-10,15H,1H3. The van der Waals surface area contributed by atoms with E-state index in [2.05, 4.69) is 0 Å². The fourth-order valence-electron chi connectivity index (χ4n) is 1.58. The fraction of sp³-hybridized carbons (Fsp3) is 0.0769. The third kappa shape index (κ3) is 2.37. The second kappa shape index (κ2) is 4.80. The number of hydrogen-bond acceptors (Lipinski definition) is 3. The van der Waals surface area contributed by atoms with E-state index in [4.69, 9.17) is 0 Å². The van der Waals surface area contributed by atoms with Crippen LogP contribution in [0.15, 0.2) is 59.5 Å². The third-order valence-corrected chi connectivity index (χ3v) is 4.03. The number of anilines is 1. The van der Waals surface area contributed by atoms with Crippen molar-refractivity contribution in [3.05, 3.63) is 60.2 Å². The van der Waals surface area contributed by atoms with Gasteiger partial charge in [0.2, 0.25) is 0 Å². The molecule has 0 heterocycles. The molecule has 5 heteroatoms. The molecule has 4 nitrogen and oxygen atoms in total. The predicted octanol–water partition coefficient (Wildman–Crippen LogP) is 2.58. The molecular formula is C13H13NO3S. The lowest BCUT2D eigenvalue weighted by molar-refractivity contribution is 0.316. The van der Waals surface area contributed by atoms with Crippen molar-refractivity contribution < 1.29 is 13.6 Å². The molecule has 0 saturated carbocycles. The van der Waals surface area contributed by atoms with Crippen LogP contribution >= 0.6 is 0 Å². The molecule has 0 aliphatic heterocycles. The molecule has 2 rings (SSSR count). The van der Waals surface area contributed by atoms with E-state index >= 15 is 0 Å². The van der Waals surface area contributed by atoms with Crippen molar-refractivity contribution in [3.8, 4) is 0 Å². The second-order valence-corrected chi connectivity index (χ2v) is 5.67. The number of hydrogen-bond donors (Lipinski definition) is 1. The van der Waals surface area contributed by atoms with Gasteiger partial charge < -0.3 is 0 Å². The highest BCUT2D eigenvalue weighted by Crippen LogP contribution is 2.22. The lowest BCUT2D eigenvalue weighted by Gasteiger charge is -2.17. The van der Waals surface area contributed by atoms with Crippen LogP contribution in [0.2, 0.25) is 0 Å². The zero-order valence-corrected chi connectivity index (χ0v) is 10.6. The molecule has 0 unspecified atom stereocenters. The van der Waals surface area contributed by atoms with Crippen LogP contribution in [0.25, 0.3) is 0 Å². The molecule has 0 aliphatic carbocycles. The summed E-state index contributed by atoms with van der Waals surface area (Å²) >= 11 is 0. The summed E-state index contributed by atoms with van der Waals surface area (Å²) in [7, 11) is -3.92. The average molecular weight is 263 g/mol. The quantitative estimate of drug-likeness (QED) is 0.866. The van der Waals surface area contributed by atoms with Gasteiger partial charge in [-0.15, -0.1) is 4.47 Å². The fourth-order valence-corrected chi connectivity index (χ4v) is 2.67. The molecule has 1 N–H and O–H groups in total. The van der Waals surface area contributed by atoms with E-state index in [9.17, 15) is 13.6 Å². The number of nitrogens with zero attached hydrogens (tertiary/aromatic N) is 1. The first-order valence-electron chi connectivity index (χ1n) is 5.38. The van der Waals surface area contributed by atoms with E-state index in [0.29, 0.717) is 4.47 Å². The maximum atomic E-state index is 12.1. The molecule has 0 aromatic heterocycles. The lowest BCUT2D eigenvalue weighted by Crippen LogP contribution is -2.27. The van der Waals surface area contributed by atoms with E-state index in [-0.39, 0.29) is 10.6 Å². The van der Waals surface area contributed by atoms with Crippen molar-refractivity contribution in [3.63, 3.8) is 0 Å². The summed E-state index contributed by atoms with van der Waals surface area (Å²) in [4.78, 5) is 0.0500. The third-order valence-electron chi connectivity index (χ3n) is 2.49. The zero-order valence-electron chi connectivity index (χ0n) is 9.82. The number of sulfonamides is 1. The second-order valence-electron chi connectivity index (χ2n) is 3.90. The number of rotatable bonds is 3. The summed E-state index contributed by atoms with van der Waals surface area (Å²) in [5.74, 6) is 0. The van der Waals surface area contributed by atoms with Crippen LogP contribution in [0, 0.1) is 6.92 Å². The Kier molecular flexibility index (Phi) is 3.36. The van der Waals surface area contributed by atoms with Crippen LogP contribution in [-0.4, -0.2) is 13.6 Å². The van der Waals surface area contributed by atoms with Gasteiger partial charge in [-0.05, 0) is 36.8 Å². The van der Waals surface area contributed by atoms with Gasteiger partial charge >= 0.3 is 0 Å². The molecule has 0 fully saturated rings. The van der Waals surface area contributed by atoms with Crippen molar-refractivity contribution >= 4 is 15.7 Å². The lowest BCUT2D eigenvalue weighted by atomic mass is 10.2. The van der Waals surface area contributed by atoms with Gasteiger partial charge in [0.1, 0.15) is 0 Å². The summed E-state index contributed by atoms with van der Waals surface area (Å²) in [5, 5.41) is 9.87. The van der Waals surface area contributed by atoms with E-state index in [0.717, 1.165) is 5.56 Å². The van der Waals surface area contributed by atoms with Crippen LogP contribution in [-0.2, 0) is 10.0 Å². The Morgan fingerprint density at radius 3 is 2.28 bits per heavy atom. The Labute approximate surface area is 106 Å². The highest BCUT2D eigenvalue weighted by Gasteiger charge is 2.22. The Morgan fingerprint density at radius 1 is 1.00 bits per heavy atom. The predicted molar refractivity (Wildman–Crippen MR) is 69.1 cm³/mol. The van der Waals surface area contributed by atoms with Crippen molar-refractivity contribution in [1.29, 1.82) is 0 Å². The van der Waals surface area contributed by atoms with Crippen LogP contribution in [0.1, 0.15) is 5.56 Å². The highest BCUT2D eigenvalue weighted by atomic mass is 32.2. The monoisotopic (exact) mass is 263 g/mol. The molecule has 18 heavy (non-hydrogen) atoms. The van der Waals surface area contributed by atoms with Gasteiger partial charge in [0, 0.05) is 0 Å². The van der Waals surface area contributed by atoms with Crippen molar-refractivity contribution in [2.75, 3.05) is 4.47 Å². The molecular weight excluding hydrogens is 250 g/mol. The van der Waals surface area contributed by atoms with Crippen molar-refractivity contribution in [2.24, 2.45) is 0 Å². The van der Waals surface area contributed by atoms with Crippen LogP contribution < -0.4 is 4.47 Å². The molecule has 0 atom stereocenters. The van der Waals surface area contributed by atoms with Gasteiger partial charge in [-0.2, -0.15) is 8.42 Å². The summed E-state index contributed by atoms with van der Waals surface area (Å²) in [6.45, 7) is 1.83. The molecule has 0 amide bonds. The maximum Gasteiger partial charge on any atom is 0.286 e. The molecule has 2 aromatic carbocycles. The Balaban J connectivity index is 2.43. The van der Waals surface area contributed by atoms with Gasteiger partial charge in [0.15, 0.2) is 0 Å².